The van der Waals surface area contributed by atoms with E-state index < -0.39 is 0 Å². The van der Waals surface area contributed by atoms with Crippen molar-refractivity contribution in [2.24, 2.45) is 12.8 Å². The molecule has 3 nitrogen and oxygen atoms in total. The number of nitrogens with zero attached hydrogens (tertiary/aromatic N) is 2. The SMILES string of the molecule is Cc1ccc(CC(N)c2cc(C)nn2C)cc1. The highest BCUT2D eigenvalue weighted by molar-refractivity contribution is 5.24. The standard InChI is InChI=1S/C14H19N3/c1-10-4-6-12(7-5-10)9-13(15)14-8-11(2)16-17(14)3/h4-8,13H,9,15H2,1-3H3. The van der Waals surface area contributed by atoms with Crippen LogP contribution in [0, 0.1) is 13.8 Å². The molecular weight excluding hydrogens is 210 g/mol. The molecule has 1 aromatic heterocycles. The van der Waals surface area contributed by atoms with Crippen molar-refractivity contribution in [2.75, 3.05) is 0 Å². The molecule has 0 aliphatic heterocycles. The van der Waals surface area contributed by atoms with Crippen LogP contribution in [0.15, 0.2) is 30.3 Å². The van der Waals surface area contributed by atoms with Crippen molar-refractivity contribution in [2.45, 2.75) is 26.3 Å². The average molecular weight is 229 g/mol. The summed E-state index contributed by atoms with van der Waals surface area (Å²) >= 11 is 0. The highest BCUT2D eigenvalue weighted by Gasteiger charge is 2.12. The summed E-state index contributed by atoms with van der Waals surface area (Å²) in [5.41, 5.74) is 10.9. The zero-order valence-corrected chi connectivity index (χ0v) is 10.6. The molecular formula is C14H19N3. The quantitative estimate of drug-likeness (QED) is 0.877. The smallest absolute Gasteiger partial charge is 0.0597 e. The van der Waals surface area contributed by atoms with Crippen LogP contribution in [0.4, 0.5) is 0 Å². The number of nitrogens with two attached hydrogens (primary N) is 1. The minimum absolute atomic E-state index is 0.00362. The fourth-order valence-corrected chi connectivity index (χ4v) is 2.06. The lowest BCUT2D eigenvalue weighted by Gasteiger charge is -2.12. The molecule has 2 rings (SSSR count). The van der Waals surface area contributed by atoms with Gasteiger partial charge in [0, 0.05) is 7.05 Å². The van der Waals surface area contributed by atoms with Gasteiger partial charge in [-0.15, -0.1) is 0 Å². The van der Waals surface area contributed by atoms with E-state index in [1.807, 2.05) is 18.7 Å². The highest BCUT2D eigenvalue weighted by Crippen LogP contribution is 2.16. The van der Waals surface area contributed by atoms with Crippen LogP contribution in [-0.4, -0.2) is 9.78 Å². The predicted molar refractivity (Wildman–Crippen MR) is 69.8 cm³/mol. The predicted octanol–water partition coefficient (Wildman–Crippen LogP) is 2.28. The summed E-state index contributed by atoms with van der Waals surface area (Å²) in [6, 6.07) is 10.6. The Morgan fingerprint density at radius 2 is 1.88 bits per heavy atom. The van der Waals surface area contributed by atoms with E-state index >= 15 is 0 Å². The molecule has 2 N–H and O–H groups in total. The molecule has 17 heavy (non-hydrogen) atoms. The van der Waals surface area contributed by atoms with Gasteiger partial charge in [0.15, 0.2) is 0 Å². The van der Waals surface area contributed by atoms with Crippen molar-refractivity contribution in [1.29, 1.82) is 0 Å². The zero-order valence-electron chi connectivity index (χ0n) is 10.6. The molecule has 3 heteroatoms. The van der Waals surface area contributed by atoms with Crippen LogP contribution in [0.5, 0.6) is 0 Å². The first-order valence-electron chi connectivity index (χ1n) is 5.88. The van der Waals surface area contributed by atoms with Gasteiger partial charge >= 0.3 is 0 Å². The van der Waals surface area contributed by atoms with E-state index in [-0.39, 0.29) is 6.04 Å². The number of hydrogen-bond donors (Lipinski definition) is 1. The van der Waals surface area contributed by atoms with Crippen LogP contribution in [0.2, 0.25) is 0 Å². The number of hydrogen-bond acceptors (Lipinski definition) is 2. The molecule has 0 amide bonds. The largest absolute Gasteiger partial charge is 0.322 e. The lowest BCUT2D eigenvalue weighted by Crippen LogP contribution is -2.17. The summed E-state index contributed by atoms with van der Waals surface area (Å²) in [5.74, 6) is 0. The fraction of sp³-hybridized carbons (Fsp3) is 0.357. The molecule has 0 aliphatic rings. The second-order valence-electron chi connectivity index (χ2n) is 4.63. The normalized spacial score (nSPS) is 12.7. The Labute approximate surface area is 102 Å². The van der Waals surface area contributed by atoms with Crippen molar-refractivity contribution >= 4 is 0 Å². The lowest BCUT2D eigenvalue weighted by atomic mass is 10.0. The van der Waals surface area contributed by atoms with E-state index in [1.165, 1.54) is 11.1 Å². The molecule has 1 unspecified atom stereocenters. The summed E-state index contributed by atoms with van der Waals surface area (Å²) in [4.78, 5) is 0. The summed E-state index contributed by atoms with van der Waals surface area (Å²) in [6.07, 6.45) is 0.846. The summed E-state index contributed by atoms with van der Waals surface area (Å²) in [6.45, 7) is 4.08. The summed E-state index contributed by atoms with van der Waals surface area (Å²) in [7, 11) is 1.94. The van der Waals surface area contributed by atoms with E-state index in [1.54, 1.807) is 0 Å². The third-order valence-corrected chi connectivity index (χ3v) is 2.99. The molecule has 0 spiro atoms. The maximum Gasteiger partial charge on any atom is 0.0597 e. The van der Waals surface area contributed by atoms with Crippen LogP contribution in [0.3, 0.4) is 0 Å². The Morgan fingerprint density at radius 1 is 1.24 bits per heavy atom. The zero-order chi connectivity index (χ0) is 12.4. The van der Waals surface area contributed by atoms with E-state index in [0.717, 1.165) is 17.8 Å². The van der Waals surface area contributed by atoms with Crippen LogP contribution >= 0.6 is 0 Å². The molecule has 0 fully saturated rings. The summed E-state index contributed by atoms with van der Waals surface area (Å²) < 4.78 is 1.87. The number of aryl methyl sites for hydroxylation is 3. The Bertz CT molecular complexity index is 497. The van der Waals surface area contributed by atoms with E-state index in [9.17, 15) is 0 Å². The van der Waals surface area contributed by atoms with E-state index in [2.05, 4.69) is 42.4 Å². The molecule has 90 valence electrons. The van der Waals surface area contributed by atoms with Gasteiger partial charge in [0.25, 0.3) is 0 Å². The third-order valence-electron chi connectivity index (χ3n) is 2.99. The Kier molecular flexibility index (Phi) is 3.29. The maximum absolute atomic E-state index is 6.22. The Balaban J connectivity index is 2.14. The first kappa shape index (κ1) is 11.9. The molecule has 2 aromatic rings. The van der Waals surface area contributed by atoms with E-state index in [0.29, 0.717) is 0 Å². The van der Waals surface area contributed by atoms with Gasteiger partial charge in [-0.1, -0.05) is 29.8 Å². The monoisotopic (exact) mass is 229 g/mol. The van der Waals surface area contributed by atoms with Crippen molar-refractivity contribution in [3.8, 4) is 0 Å². The molecule has 1 heterocycles. The first-order chi connectivity index (χ1) is 8.06. The van der Waals surface area contributed by atoms with Crippen LogP contribution < -0.4 is 5.73 Å². The summed E-state index contributed by atoms with van der Waals surface area (Å²) in [5, 5.41) is 4.32. The minimum atomic E-state index is 0.00362. The second kappa shape index (κ2) is 4.72. The van der Waals surface area contributed by atoms with Crippen LogP contribution in [0.1, 0.15) is 28.6 Å². The number of benzene rings is 1. The lowest BCUT2D eigenvalue weighted by molar-refractivity contribution is 0.615. The van der Waals surface area contributed by atoms with Crippen molar-refractivity contribution < 1.29 is 0 Å². The topological polar surface area (TPSA) is 43.8 Å². The van der Waals surface area contributed by atoms with Crippen molar-refractivity contribution in [3.63, 3.8) is 0 Å². The van der Waals surface area contributed by atoms with Crippen molar-refractivity contribution in [3.05, 3.63) is 52.8 Å². The van der Waals surface area contributed by atoms with Gasteiger partial charge in [-0.3, -0.25) is 4.68 Å². The van der Waals surface area contributed by atoms with Gasteiger partial charge in [0.2, 0.25) is 0 Å². The van der Waals surface area contributed by atoms with Gasteiger partial charge in [-0.25, -0.2) is 0 Å². The molecule has 1 aromatic carbocycles. The van der Waals surface area contributed by atoms with Gasteiger partial charge in [-0.05, 0) is 31.9 Å². The molecule has 1 atom stereocenters. The van der Waals surface area contributed by atoms with Gasteiger partial charge in [0.05, 0.1) is 17.4 Å². The minimum Gasteiger partial charge on any atom is -0.322 e. The number of aromatic nitrogens is 2. The van der Waals surface area contributed by atoms with Gasteiger partial charge in [-0.2, -0.15) is 5.10 Å². The Hall–Kier alpha value is -1.61. The molecule has 0 saturated carbocycles. The maximum atomic E-state index is 6.22. The Morgan fingerprint density at radius 3 is 2.41 bits per heavy atom. The van der Waals surface area contributed by atoms with Crippen LogP contribution in [-0.2, 0) is 13.5 Å². The van der Waals surface area contributed by atoms with Crippen LogP contribution in [0.25, 0.3) is 0 Å². The van der Waals surface area contributed by atoms with Crippen molar-refractivity contribution in [1.82, 2.24) is 9.78 Å². The highest BCUT2D eigenvalue weighted by atomic mass is 15.3. The first-order valence-corrected chi connectivity index (χ1v) is 5.88. The molecule has 0 bridgehead atoms. The average Bonchev–Trinajstić information content (AvgIpc) is 2.61. The third kappa shape index (κ3) is 2.74. The molecule has 0 saturated heterocycles. The van der Waals surface area contributed by atoms with Gasteiger partial charge < -0.3 is 5.73 Å². The molecule has 0 aliphatic carbocycles. The number of rotatable bonds is 3. The second-order valence-corrected chi connectivity index (χ2v) is 4.63. The van der Waals surface area contributed by atoms with Gasteiger partial charge in [0.1, 0.15) is 0 Å². The fourth-order valence-electron chi connectivity index (χ4n) is 2.06. The molecule has 0 radical (unpaired) electrons. The van der Waals surface area contributed by atoms with E-state index in [4.69, 9.17) is 5.73 Å².